The maximum atomic E-state index is 12.6. The standard InChI is InChI=1S/C17H21N5O5S/c1-4-6-7-27-17-12(8-11(9-18-17)28(24,25)26)15-20-16(23)14-10(3)19-13(5-2)22(14)21-15/h8-9H,4-7H2,1-3H3,(H,20,21,23)(H,24,25,26). The lowest BCUT2D eigenvalue weighted by Gasteiger charge is -2.11. The Kier molecular flexibility index (Phi) is 5.47. The summed E-state index contributed by atoms with van der Waals surface area (Å²) < 4.78 is 39.5. The number of hydrogen-bond acceptors (Lipinski definition) is 7. The van der Waals surface area contributed by atoms with Crippen molar-refractivity contribution in [1.82, 2.24) is 24.6 Å². The highest BCUT2D eigenvalue weighted by Crippen LogP contribution is 2.28. The van der Waals surface area contributed by atoms with E-state index in [4.69, 9.17) is 4.74 Å². The molecule has 3 aromatic rings. The van der Waals surface area contributed by atoms with Crippen molar-refractivity contribution < 1.29 is 17.7 Å². The molecule has 0 saturated heterocycles. The second kappa shape index (κ2) is 7.68. The minimum atomic E-state index is -4.49. The van der Waals surface area contributed by atoms with E-state index in [0.717, 1.165) is 19.0 Å². The first-order valence-corrected chi connectivity index (χ1v) is 10.3. The molecule has 0 fully saturated rings. The van der Waals surface area contributed by atoms with E-state index in [-0.39, 0.29) is 17.3 Å². The molecular formula is C17H21N5O5S. The quantitative estimate of drug-likeness (QED) is 0.446. The van der Waals surface area contributed by atoms with Gasteiger partial charge in [0.05, 0.1) is 24.1 Å². The predicted octanol–water partition coefficient (Wildman–Crippen LogP) is 1.78. The number of pyridine rings is 1. The van der Waals surface area contributed by atoms with Crippen molar-refractivity contribution in [2.45, 2.75) is 44.9 Å². The van der Waals surface area contributed by atoms with E-state index >= 15 is 0 Å². The first-order valence-electron chi connectivity index (χ1n) is 8.85. The first kappa shape index (κ1) is 20.0. The molecule has 2 N–H and O–H groups in total. The SMILES string of the molecule is CCCCOc1ncc(S(=O)(=O)O)cc1-c1nn2c(CC)nc(C)c2c(=O)[nH]1. The van der Waals surface area contributed by atoms with E-state index < -0.39 is 20.6 Å². The van der Waals surface area contributed by atoms with Gasteiger partial charge in [-0.1, -0.05) is 20.3 Å². The van der Waals surface area contributed by atoms with Gasteiger partial charge in [0.1, 0.15) is 10.7 Å². The summed E-state index contributed by atoms with van der Waals surface area (Å²) in [6.45, 7) is 5.96. The molecule has 0 spiro atoms. The third kappa shape index (κ3) is 3.76. The molecule has 0 radical (unpaired) electrons. The number of aryl methyl sites for hydroxylation is 2. The van der Waals surface area contributed by atoms with Crippen LogP contribution in [0.5, 0.6) is 5.88 Å². The first-order chi connectivity index (χ1) is 13.3. The fraction of sp³-hybridized carbons (Fsp3) is 0.412. The second-order valence-corrected chi connectivity index (χ2v) is 7.65. The summed E-state index contributed by atoms with van der Waals surface area (Å²) in [4.78, 5) is 23.1. The maximum absolute atomic E-state index is 12.6. The third-order valence-corrected chi connectivity index (χ3v) is 4.99. The number of aromatic nitrogens is 5. The number of hydrogen-bond donors (Lipinski definition) is 2. The van der Waals surface area contributed by atoms with Gasteiger partial charge in [0, 0.05) is 6.42 Å². The fourth-order valence-corrected chi connectivity index (χ4v) is 3.21. The van der Waals surface area contributed by atoms with Crippen LogP contribution in [0.25, 0.3) is 16.9 Å². The Balaban J connectivity index is 2.24. The summed E-state index contributed by atoms with van der Waals surface area (Å²) in [6.07, 6.45) is 3.21. The number of rotatable bonds is 7. The molecule has 11 heteroatoms. The average molecular weight is 407 g/mol. The molecule has 0 saturated carbocycles. The van der Waals surface area contributed by atoms with Crippen LogP contribution in [0, 0.1) is 6.92 Å². The lowest BCUT2D eigenvalue weighted by atomic mass is 10.2. The zero-order valence-electron chi connectivity index (χ0n) is 15.8. The lowest BCUT2D eigenvalue weighted by Crippen LogP contribution is -2.16. The number of fused-ring (bicyclic) bond motifs is 1. The van der Waals surface area contributed by atoms with Gasteiger partial charge in [0.15, 0.2) is 11.3 Å². The van der Waals surface area contributed by atoms with Crippen molar-refractivity contribution in [2.75, 3.05) is 6.61 Å². The number of H-pyrrole nitrogens is 1. The molecular weight excluding hydrogens is 386 g/mol. The number of unbranched alkanes of at least 4 members (excludes halogenated alkanes) is 1. The van der Waals surface area contributed by atoms with Crippen LogP contribution >= 0.6 is 0 Å². The molecule has 10 nitrogen and oxygen atoms in total. The Hall–Kier alpha value is -2.79. The van der Waals surface area contributed by atoms with Gasteiger partial charge >= 0.3 is 0 Å². The van der Waals surface area contributed by atoms with Crippen molar-refractivity contribution in [3.05, 3.63) is 34.1 Å². The smallest absolute Gasteiger partial charge is 0.296 e. The summed E-state index contributed by atoms with van der Waals surface area (Å²) >= 11 is 0. The summed E-state index contributed by atoms with van der Waals surface area (Å²) in [5.74, 6) is 0.763. The van der Waals surface area contributed by atoms with Gasteiger partial charge in [-0.3, -0.25) is 9.35 Å². The maximum Gasteiger partial charge on any atom is 0.296 e. The van der Waals surface area contributed by atoms with Crippen molar-refractivity contribution >= 4 is 15.6 Å². The van der Waals surface area contributed by atoms with Crippen LogP contribution in [0.15, 0.2) is 22.0 Å². The molecule has 0 amide bonds. The normalized spacial score (nSPS) is 11.9. The molecule has 0 aliphatic carbocycles. The van der Waals surface area contributed by atoms with Crippen LogP contribution in [0.2, 0.25) is 0 Å². The summed E-state index contributed by atoms with van der Waals surface area (Å²) in [7, 11) is -4.49. The Bertz CT molecular complexity index is 1180. The summed E-state index contributed by atoms with van der Waals surface area (Å²) in [5, 5.41) is 4.41. The Labute approximate surface area is 161 Å². The molecule has 0 atom stereocenters. The molecule has 28 heavy (non-hydrogen) atoms. The van der Waals surface area contributed by atoms with Gasteiger partial charge in [-0.25, -0.2) is 14.5 Å². The monoisotopic (exact) mass is 407 g/mol. The van der Waals surface area contributed by atoms with Crippen molar-refractivity contribution in [3.63, 3.8) is 0 Å². The molecule has 0 unspecified atom stereocenters. The van der Waals surface area contributed by atoms with E-state index in [2.05, 4.69) is 20.1 Å². The summed E-state index contributed by atoms with van der Waals surface area (Å²) in [5.41, 5.74) is 0.583. The molecule has 0 aromatic carbocycles. The van der Waals surface area contributed by atoms with Gasteiger partial charge in [-0.05, 0) is 19.4 Å². The Morgan fingerprint density at radius 2 is 2.07 bits per heavy atom. The second-order valence-electron chi connectivity index (χ2n) is 6.23. The lowest BCUT2D eigenvalue weighted by molar-refractivity contribution is 0.298. The topological polar surface area (TPSA) is 140 Å². The third-order valence-electron chi connectivity index (χ3n) is 4.17. The van der Waals surface area contributed by atoms with Crippen molar-refractivity contribution in [1.29, 1.82) is 0 Å². The molecule has 3 aromatic heterocycles. The molecule has 3 rings (SSSR count). The minimum Gasteiger partial charge on any atom is -0.477 e. The largest absolute Gasteiger partial charge is 0.477 e. The Morgan fingerprint density at radius 3 is 2.71 bits per heavy atom. The van der Waals surface area contributed by atoms with Gasteiger partial charge in [-0.2, -0.15) is 8.42 Å². The van der Waals surface area contributed by atoms with E-state index in [1.165, 1.54) is 10.6 Å². The zero-order chi connectivity index (χ0) is 20.5. The van der Waals surface area contributed by atoms with E-state index in [1.807, 2.05) is 13.8 Å². The molecule has 3 heterocycles. The highest BCUT2D eigenvalue weighted by atomic mass is 32.2. The van der Waals surface area contributed by atoms with Crippen molar-refractivity contribution in [2.24, 2.45) is 0 Å². The van der Waals surface area contributed by atoms with Gasteiger partial charge in [0.25, 0.3) is 15.7 Å². The number of aromatic amines is 1. The average Bonchev–Trinajstić information content (AvgIpc) is 2.97. The van der Waals surface area contributed by atoms with Crippen LogP contribution in [0.3, 0.4) is 0 Å². The fourth-order valence-electron chi connectivity index (χ4n) is 2.76. The van der Waals surface area contributed by atoms with Crippen LogP contribution < -0.4 is 10.3 Å². The van der Waals surface area contributed by atoms with Crippen LogP contribution in [-0.4, -0.2) is 44.1 Å². The van der Waals surface area contributed by atoms with Gasteiger partial charge in [-0.15, -0.1) is 5.10 Å². The minimum absolute atomic E-state index is 0.0640. The Morgan fingerprint density at radius 1 is 1.32 bits per heavy atom. The summed E-state index contributed by atoms with van der Waals surface area (Å²) in [6, 6.07) is 1.17. The highest BCUT2D eigenvalue weighted by Gasteiger charge is 2.20. The van der Waals surface area contributed by atoms with E-state index in [1.54, 1.807) is 6.92 Å². The molecule has 0 aliphatic heterocycles. The number of nitrogens with one attached hydrogen (secondary N) is 1. The van der Waals surface area contributed by atoms with Gasteiger partial charge < -0.3 is 9.72 Å². The molecule has 0 aliphatic rings. The van der Waals surface area contributed by atoms with Crippen LogP contribution in [-0.2, 0) is 16.5 Å². The van der Waals surface area contributed by atoms with Crippen LogP contribution in [0.1, 0.15) is 38.2 Å². The van der Waals surface area contributed by atoms with Crippen molar-refractivity contribution in [3.8, 4) is 17.3 Å². The molecule has 150 valence electrons. The van der Waals surface area contributed by atoms with E-state index in [9.17, 15) is 17.8 Å². The number of imidazole rings is 1. The number of nitrogens with zero attached hydrogens (tertiary/aromatic N) is 4. The number of ether oxygens (including phenoxy) is 1. The van der Waals surface area contributed by atoms with E-state index in [0.29, 0.717) is 30.1 Å². The van der Waals surface area contributed by atoms with Crippen LogP contribution in [0.4, 0.5) is 0 Å². The zero-order valence-corrected chi connectivity index (χ0v) is 16.6. The van der Waals surface area contributed by atoms with Gasteiger partial charge in [0.2, 0.25) is 5.88 Å². The highest BCUT2D eigenvalue weighted by molar-refractivity contribution is 7.85. The predicted molar refractivity (Wildman–Crippen MR) is 101 cm³/mol. The molecule has 0 bridgehead atoms.